The van der Waals surface area contributed by atoms with E-state index in [2.05, 4.69) is 10.6 Å². The average molecular weight is 432 g/mol. The monoisotopic (exact) mass is 431 g/mol. The molecule has 0 aliphatic carbocycles. The minimum atomic E-state index is -0.130. The van der Waals surface area contributed by atoms with Crippen LogP contribution in [0.4, 0.5) is 11.4 Å². The molecule has 3 aromatic rings. The van der Waals surface area contributed by atoms with Gasteiger partial charge in [-0.2, -0.15) is 0 Å². The fourth-order valence-electron chi connectivity index (χ4n) is 3.39. The number of amides is 2. The first-order valence-electron chi connectivity index (χ1n) is 10.7. The van der Waals surface area contributed by atoms with E-state index in [1.165, 1.54) is 0 Å². The van der Waals surface area contributed by atoms with Crippen LogP contribution in [0.1, 0.15) is 13.3 Å². The molecule has 0 aromatic heterocycles. The standard InChI is InChI=1S/C26H29N3O3/c1-3-29(19-26(31)27-21-12-9-13-22(18-21)32-2)17-16-25(30)28-24-15-8-7-14-23(24)20-10-5-4-6-11-20/h4-15,18H,3,16-17,19H2,1-2H3,(H,27,31)(H,28,30). The van der Waals surface area contributed by atoms with Crippen molar-refractivity contribution in [2.24, 2.45) is 0 Å². The van der Waals surface area contributed by atoms with Crippen LogP contribution in [0.25, 0.3) is 11.1 Å². The van der Waals surface area contributed by atoms with Gasteiger partial charge in [-0.15, -0.1) is 0 Å². The second-order valence-electron chi connectivity index (χ2n) is 7.36. The van der Waals surface area contributed by atoms with Gasteiger partial charge in [-0.1, -0.05) is 61.5 Å². The number of anilines is 2. The van der Waals surface area contributed by atoms with Gasteiger partial charge < -0.3 is 15.4 Å². The molecule has 3 rings (SSSR count). The van der Waals surface area contributed by atoms with Crippen LogP contribution in [0.15, 0.2) is 78.9 Å². The number of carbonyl (C=O) groups is 2. The number of ether oxygens (including phenoxy) is 1. The van der Waals surface area contributed by atoms with E-state index in [0.29, 0.717) is 30.9 Å². The van der Waals surface area contributed by atoms with E-state index in [9.17, 15) is 9.59 Å². The third-order valence-corrected chi connectivity index (χ3v) is 5.11. The van der Waals surface area contributed by atoms with Crippen LogP contribution in [0.3, 0.4) is 0 Å². The van der Waals surface area contributed by atoms with E-state index in [0.717, 1.165) is 16.8 Å². The summed E-state index contributed by atoms with van der Waals surface area (Å²) in [6.07, 6.45) is 0.295. The van der Waals surface area contributed by atoms with E-state index < -0.39 is 0 Å². The minimum Gasteiger partial charge on any atom is -0.497 e. The van der Waals surface area contributed by atoms with Gasteiger partial charge in [0.2, 0.25) is 11.8 Å². The van der Waals surface area contributed by atoms with E-state index in [1.807, 2.05) is 84.6 Å². The van der Waals surface area contributed by atoms with Crippen LogP contribution < -0.4 is 15.4 Å². The molecule has 6 nitrogen and oxygen atoms in total. The zero-order valence-electron chi connectivity index (χ0n) is 18.5. The highest BCUT2D eigenvalue weighted by Crippen LogP contribution is 2.27. The molecule has 166 valence electrons. The molecule has 6 heteroatoms. The number of benzene rings is 3. The Bertz CT molecular complexity index is 1040. The maximum atomic E-state index is 12.6. The number of carbonyl (C=O) groups excluding carboxylic acids is 2. The lowest BCUT2D eigenvalue weighted by Crippen LogP contribution is -2.35. The Balaban J connectivity index is 1.53. The lowest BCUT2D eigenvalue weighted by Gasteiger charge is -2.20. The Kier molecular flexibility index (Phi) is 8.40. The van der Waals surface area contributed by atoms with E-state index >= 15 is 0 Å². The van der Waals surface area contributed by atoms with Crippen molar-refractivity contribution in [3.8, 4) is 16.9 Å². The minimum absolute atomic E-state index is 0.0833. The second-order valence-corrected chi connectivity index (χ2v) is 7.36. The van der Waals surface area contributed by atoms with Crippen molar-refractivity contribution in [1.82, 2.24) is 4.90 Å². The molecule has 32 heavy (non-hydrogen) atoms. The Labute approximate surface area is 189 Å². The Morgan fingerprint density at radius 3 is 2.38 bits per heavy atom. The largest absolute Gasteiger partial charge is 0.497 e. The third kappa shape index (κ3) is 6.68. The number of nitrogens with one attached hydrogen (secondary N) is 2. The molecule has 0 saturated heterocycles. The normalized spacial score (nSPS) is 10.6. The van der Waals surface area contributed by atoms with Crippen molar-refractivity contribution in [2.75, 3.05) is 37.4 Å². The van der Waals surface area contributed by atoms with E-state index in [4.69, 9.17) is 4.74 Å². The predicted molar refractivity (Wildman–Crippen MR) is 129 cm³/mol. The fraction of sp³-hybridized carbons (Fsp3) is 0.231. The molecule has 0 aliphatic heterocycles. The van der Waals surface area contributed by atoms with Crippen LogP contribution in [0, 0.1) is 0 Å². The predicted octanol–water partition coefficient (Wildman–Crippen LogP) is 4.65. The van der Waals surface area contributed by atoms with E-state index in [1.54, 1.807) is 13.2 Å². The molecule has 0 bridgehead atoms. The van der Waals surface area contributed by atoms with Gasteiger partial charge in [0.05, 0.1) is 13.7 Å². The number of methoxy groups -OCH3 is 1. The molecule has 0 heterocycles. The van der Waals surface area contributed by atoms with Crippen molar-refractivity contribution in [3.05, 3.63) is 78.9 Å². The van der Waals surface area contributed by atoms with Crippen molar-refractivity contribution in [1.29, 1.82) is 0 Å². The molecule has 0 fully saturated rings. The lowest BCUT2D eigenvalue weighted by atomic mass is 10.0. The molecular weight excluding hydrogens is 402 g/mol. The zero-order valence-corrected chi connectivity index (χ0v) is 18.5. The first-order valence-corrected chi connectivity index (χ1v) is 10.7. The highest BCUT2D eigenvalue weighted by atomic mass is 16.5. The van der Waals surface area contributed by atoms with Gasteiger partial charge in [-0.05, 0) is 30.3 Å². The first kappa shape index (κ1) is 23.0. The Morgan fingerprint density at radius 2 is 1.62 bits per heavy atom. The van der Waals surface area contributed by atoms with Gasteiger partial charge in [0.25, 0.3) is 0 Å². The van der Waals surface area contributed by atoms with Crippen molar-refractivity contribution in [2.45, 2.75) is 13.3 Å². The molecule has 0 unspecified atom stereocenters. The number of nitrogens with zero attached hydrogens (tertiary/aromatic N) is 1. The van der Waals surface area contributed by atoms with Crippen LogP contribution in [-0.4, -0.2) is 43.5 Å². The third-order valence-electron chi connectivity index (χ3n) is 5.11. The number of hydrogen-bond donors (Lipinski definition) is 2. The van der Waals surface area contributed by atoms with Crippen LogP contribution in [-0.2, 0) is 9.59 Å². The van der Waals surface area contributed by atoms with Crippen LogP contribution in [0.5, 0.6) is 5.75 Å². The summed E-state index contributed by atoms with van der Waals surface area (Å²) >= 11 is 0. The second kappa shape index (κ2) is 11.7. The van der Waals surface area contributed by atoms with Crippen LogP contribution >= 0.6 is 0 Å². The van der Waals surface area contributed by atoms with Crippen molar-refractivity contribution < 1.29 is 14.3 Å². The Morgan fingerprint density at radius 1 is 0.875 bits per heavy atom. The summed E-state index contributed by atoms with van der Waals surface area (Å²) in [7, 11) is 1.59. The summed E-state index contributed by atoms with van der Waals surface area (Å²) in [4.78, 5) is 27.0. The first-order chi connectivity index (χ1) is 15.6. The Hall–Kier alpha value is -3.64. The number of rotatable bonds is 10. The zero-order chi connectivity index (χ0) is 22.8. The van der Waals surface area contributed by atoms with Gasteiger partial charge in [0.1, 0.15) is 5.75 Å². The van der Waals surface area contributed by atoms with Gasteiger partial charge in [0.15, 0.2) is 0 Å². The van der Waals surface area contributed by atoms with Gasteiger partial charge in [-0.3, -0.25) is 14.5 Å². The summed E-state index contributed by atoms with van der Waals surface area (Å²) in [6.45, 7) is 3.34. The maximum absolute atomic E-state index is 12.6. The molecule has 2 amide bonds. The fourth-order valence-corrected chi connectivity index (χ4v) is 3.39. The van der Waals surface area contributed by atoms with Gasteiger partial charge >= 0.3 is 0 Å². The van der Waals surface area contributed by atoms with Crippen LogP contribution in [0.2, 0.25) is 0 Å². The number of likely N-dealkylation sites (N-methyl/N-ethyl adjacent to an activating group) is 1. The lowest BCUT2D eigenvalue weighted by molar-refractivity contribution is -0.119. The van der Waals surface area contributed by atoms with Crippen molar-refractivity contribution in [3.63, 3.8) is 0 Å². The molecule has 2 N–H and O–H groups in total. The summed E-state index contributed by atoms with van der Waals surface area (Å²) in [5.74, 6) is 0.470. The van der Waals surface area contributed by atoms with Gasteiger partial charge in [0, 0.05) is 36.0 Å². The molecule has 3 aromatic carbocycles. The smallest absolute Gasteiger partial charge is 0.238 e. The van der Waals surface area contributed by atoms with E-state index in [-0.39, 0.29) is 18.4 Å². The summed E-state index contributed by atoms with van der Waals surface area (Å²) in [5, 5.41) is 5.89. The molecule has 0 atom stereocenters. The molecule has 0 radical (unpaired) electrons. The average Bonchev–Trinajstić information content (AvgIpc) is 2.82. The number of hydrogen-bond acceptors (Lipinski definition) is 4. The highest BCUT2D eigenvalue weighted by Gasteiger charge is 2.13. The highest BCUT2D eigenvalue weighted by molar-refractivity contribution is 5.95. The quantitative estimate of drug-likeness (QED) is 0.490. The molecule has 0 spiro atoms. The molecular formula is C26H29N3O3. The topological polar surface area (TPSA) is 70.7 Å². The SMILES string of the molecule is CCN(CCC(=O)Nc1ccccc1-c1ccccc1)CC(=O)Nc1cccc(OC)c1. The summed E-state index contributed by atoms with van der Waals surface area (Å²) in [5.41, 5.74) is 3.49. The molecule has 0 aliphatic rings. The van der Waals surface area contributed by atoms with Gasteiger partial charge in [-0.25, -0.2) is 0 Å². The summed E-state index contributed by atoms with van der Waals surface area (Å²) in [6, 6.07) is 24.9. The molecule has 0 saturated carbocycles. The maximum Gasteiger partial charge on any atom is 0.238 e. The summed E-state index contributed by atoms with van der Waals surface area (Å²) < 4.78 is 5.18. The number of para-hydroxylation sites is 1. The van der Waals surface area contributed by atoms with Crippen molar-refractivity contribution >= 4 is 23.2 Å².